The molecule has 20 heavy (non-hydrogen) atoms. The number of hydrogen-bond donors (Lipinski definition) is 1. The van der Waals surface area contributed by atoms with Crippen LogP contribution in [0.3, 0.4) is 0 Å². The molecule has 1 aliphatic heterocycles. The summed E-state index contributed by atoms with van der Waals surface area (Å²) in [6.45, 7) is 5.25. The molecule has 2 aromatic rings. The van der Waals surface area contributed by atoms with Gasteiger partial charge in [-0.05, 0) is 25.8 Å². The highest BCUT2D eigenvalue weighted by Gasteiger charge is 2.31. The number of aryl methyl sites for hydroxylation is 2. The molecule has 0 spiro atoms. The Kier molecular flexibility index (Phi) is 3.30. The molecule has 1 amide bonds. The first-order valence-corrected chi connectivity index (χ1v) is 6.94. The zero-order valence-electron chi connectivity index (χ0n) is 11.7. The Bertz CT molecular complexity index is 603. The van der Waals surface area contributed by atoms with Gasteiger partial charge in [0, 0.05) is 30.9 Å². The highest BCUT2D eigenvalue weighted by Crippen LogP contribution is 2.28. The van der Waals surface area contributed by atoms with Crippen LogP contribution >= 0.6 is 0 Å². The van der Waals surface area contributed by atoms with E-state index in [0.717, 1.165) is 30.9 Å². The van der Waals surface area contributed by atoms with Gasteiger partial charge in [-0.3, -0.25) is 9.89 Å². The third-order valence-corrected chi connectivity index (χ3v) is 3.92. The molecule has 106 valence electrons. The van der Waals surface area contributed by atoms with Crippen LogP contribution in [0.4, 0.5) is 0 Å². The van der Waals surface area contributed by atoms with Crippen molar-refractivity contribution in [1.82, 2.24) is 20.3 Å². The first-order chi connectivity index (χ1) is 9.70. The molecular weight excluding hydrogens is 256 g/mol. The van der Waals surface area contributed by atoms with Gasteiger partial charge in [0.2, 0.25) is 0 Å². The van der Waals surface area contributed by atoms with Crippen LogP contribution in [0, 0.1) is 6.92 Å². The lowest BCUT2D eigenvalue weighted by molar-refractivity contribution is 0.0788. The molecule has 1 fully saturated rings. The maximum absolute atomic E-state index is 12.6. The van der Waals surface area contributed by atoms with E-state index in [9.17, 15) is 4.79 Å². The van der Waals surface area contributed by atoms with Crippen LogP contribution in [0.5, 0.6) is 0 Å². The van der Waals surface area contributed by atoms with E-state index in [4.69, 9.17) is 4.52 Å². The minimum Gasteiger partial charge on any atom is -0.361 e. The van der Waals surface area contributed by atoms with E-state index in [0.29, 0.717) is 23.7 Å². The number of aromatic amines is 1. The summed E-state index contributed by atoms with van der Waals surface area (Å²) in [6.07, 6.45) is 3.41. The number of aromatic nitrogens is 3. The van der Waals surface area contributed by atoms with E-state index >= 15 is 0 Å². The van der Waals surface area contributed by atoms with Gasteiger partial charge in [0.1, 0.15) is 11.3 Å². The molecule has 0 radical (unpaired) electrons. The first-order valence-electron chi connectivity index (χ1n) is 6.94. The van der Waals surface area contributed by atoms with Crippen molar-refractivity contribution in [2.45, 2.75) is 32.6 Å². The highest BCUT2D eigenvalue weighted by atomic mass is 16.5. The number of nitrogens with zero attached hydrogens (tertiary/aromatic N) is 3. The third-order valence-electron chi connectivity index (χ3n) is 3.92. The second-order valence-corrected chi connectivity index (χ2v) is 5.16. The molecule has 0 aliphatic carbocycles. The van der Waals surface area contributed by atoms with E-state index in [-0.39, 0.29) is 5.91 Å². The zero-order chi connectivity index (χ0) is 14.1. The van der Waals surface area contributed by atoms with Crippen molar-refractivity contribution in [2.75, 3.05) is 13.1 Å². The molecule has 3 rings (SSSR count). The number of hydrogen-bond acceptors (Lipinski definition) is 4. The van der Waals surface area contributed by atoms with Gasteiger partial charge in [0.15, 0.2) is 0 Å². The summed E-state index contributed by atoms with van der Waals surface area (Å²) in [5.74, 6) is 0.978. The van der Waals surface area contributed by atoms with Crippen LogP contribution in [-0.2, 0) is 6.42 Å². The summed E-state index contributed by atoms with van der Waals surface area (Å²) in [6, 6.07) is 1.97. The predicted octanol–water partition coefficient (Wildman–Crippen LogP) is 1.90. The summed E-state index contributed by atoms with van der Waals surface area (Å²) in [7, 11) is 0. The van der Waals surface area contributed by atoms with E-state index in [2.05, 4.69) is 15.4 Å². The Morgan fingerprint density at radius 1 is 1.60 bits per heavy atom. The summed E-state index contributed by atoms with van der Waals surface area (Å²) in [5, 5.41) is 10.9. The minimum atomic E-state index is 0.0302. The largest absolute Gasteiger partial charge is 0.361 e. The standard InChI is InChI=1S/C14H18N4O2/c1-3-11-13(9(2)20-17-11)14(19)18-7-5-10(8-18)12-4-6-15-16-12/h4,6,10H,3,5,7-8H2,1-2H3,(H,15,16). The van der Waals surface area contributed by atoms with Crippen LogP contribution in [0.25, 0.3) is 0 Å². The van der Waals surface area contributed by atoms with E-state index in [1.807, 2.05) is 17.9 Å². The van der Waals surface area contributed by atoms with Crippen LogP contribution in [0.15, 0.2) is 16.8 Å². The molecule has 1 saturated heterocycles. The first kappa shape index (κ1) is 12.9. The smallest absolute Gasteiger partial charge is 0.259 e. The molecule has 2 aromatic heterocycles. The summed E-state index contributed by atoms with van der Waals surface area (Å²) >= 11 is 0. The van der Waals surface area contributed by atoms with Crippen molar-refractivity contribution in [3.05, 3.63) is 35.0 Å². The second kappa shape index (κ2) is 5.11. The van der Waals surface area contributed by atoms with Gasteiger partial charge >= 0.3 is 0 Å². The molecule has 1 aliphatic rings. The molecule has 6 nitrogen and oxygen atoms in total. The average Bonchev–Trinajstić information content (AvgIpc) is 3.17. The van der Waals surface area contributed by atoms with Crippen molar-refractivity contribution < 1.29 is 9.32 Å². The van der Waals surface area contributed by atoms with Crippen LogP contribution in [0.1, 0.15) is 46.8 Å². The topological polar surface area (TPSA) is 75.0 Å². The maximum Gasteiger partial charge on any atom is 0.259 e. The van der Waals surface area contributed by atoms with Crippen LogP contribution in [-0.4, -0.2) is 39.3 Å². The zero-order valence-corrected chi connectivity index (χ0v) is 11.7. The van der Waals surface area contributed by atoms with Gasteiger partial charge in [0.25, 0.3) is 5.91 Å². The number of amides is 1. The lowest BCUT2D eigenvalue weighted by Gasteiger charge is -2.16. The molecule has 3 heterocycles. The number of carbonyl (C=O) groups is 1. The fourth-order valence-electron chi connectivity index (χ4n) is 2.78. The lowest BCUT2D eigenvalue weighted by atomic mass is 10.1. The van der Waals surface area contributed by atoms with Crippen molar-refractivity contribution in [3.8, 4) is 0 Å². The highest BCUT2D eigenvalue weighted by molar-refractivity contribution is 5.96. The minimum absolute atomic E-state index is 0.0302. The molecule has 6 heteroatoms. The number of carbonyl (C=O) groups excluding carboxylic acids is 1. The van der Waals surface area contributed by atoms with Crippen molar-refractivity contribution in [3.63, 3.8) is 0 Å². The van der Waals surface area contributed by atoms with Crippen molar-refractivity contribution >= 4 is 5.91 Å². The van der Waals surface area contributed by atoms with Gasteiger partial charge < -0.3 is 9.42 Å². The Hall–Kier alpha value is -2.11. The van der Waals surface area contributed by atoms with Gasteiger partial charge in [-0.15, -0.1) is 0 Å². The van der Waals surface area contributed by atoms with Crippen molar-refractivity contribution in [1.29, 1.82) is 0 Å². The summed E-state index contributed by atoms with van der Waals surface area (Å²) in [5.41, 5.74) is 2.48. The van der Waals surface area contributed by atoms with Crippen LogP contribution < -0.4 is 0 Å². The molecule has 1 unspecified atom stereocenters. The van der Waals surface area contributed by atoms with Crippen molar-refractivity contribution in [2.24, 2.45) is 0 Å². The van der Waals surface area contributed by atoms with Gasteiger partial charge in [-0.25, -0.2) is 0 Å². The Balaban J connectivity index is 1.77. The monoisotopic (exact) mass is 274 g/mol. The van der Waals surface area contributed by atoms with Crippen LogP contribution in [0.2, 0.25) is 0 Å². The number of H-pyrrole nitrogens is 1. The van der Waals surface area contributed by atoms with E-state index in [1.54, 1.807) is 13.1 Å². The SMILES string of the molecule is CCc1noc(C)c1C(=O)N1CCC(c2ccn[nH]2)C1. The maximum atomic E-state index is 12.6. The molecule has 1 atom stereocenters. The fourth-order valence-corrected chi connectivity index (χ4v) is 2.78. The Labute approximate surface area is 117 Å². The second-order valence-electron chi connectivity index (χ2n) is 5.16. The number of rotatable bonds is 3. The summed E-state index contributed by atoms with van der Waals surface area (Å²) < 4.78 is 5.15. The molecule has 0 aromatic carbocycles. The molecular formula is C14H18N4O2. The molecule has 0 saturated carbocycles. The van der Waals surface area contributed by atoms with Gasteiger partial charge in [0.05, 0.1) is 5.69 Å². The number of likely N-dealkylation sites (tertiary alicyclic amines) is 1. The molecule has 1 N–H and O–H groups in total. The molecule has 0 bridgehead atoms. The fraction of sp³-hybridized carbons (Fsp3) is 0.500. The third kappa shape index (κ3) is 2.11. The number of nitrogens with one attached hydrogen (secondary N) is 1. The predicted molar refractivity (Wildman–Crippen MR) is 72.5 cm³/mol. The average molecular weight is 274 g/mol. The lowest BCUT2D eigenvalue weighted by Crippen LogP contribution is -2.29. The quantitative estimate of drug-likeness (QED) is 0.927. The van der Waals surface area contributed by atoms with E-state index < -0.39 is 0 Å². The summed E-state index contributed by atoms with van der Waals surface area (Å²) in [4.78, 5) is 14.5. The Morgan fingerprint density at radius 3 is 3.15 bits per heavy atom. The van der Waals surface area contributed by atoms with Gasteiger partial charge in [-0.2, -0.15) is 5.10 Å². The van der Waals surface area contributed by atoms with Gasteiger partial charge in [-0.1, -0.05) is 12.1 Å². The Morgan fingerprint density at radius 2 is 2.45 bits per heavy atom. The van der Waals surface area contributed by atoms with E-state index in [1.165, 1.54) is 0 Å². The normalized spacial score (nSPS) is 18.7.